The second kappa shape index (κ2) is 7.09. The first kappa shape index (κ1) is 13.7. The summed E-state index contributed by atoms with van der Waals surface area (Å²) in [7, 11) is 3.59. The van der Waals surface area contributed by atoms with Crippen molar-refractivity contribution in [1.82, 2.24) is 4.98 Å². The molecule has 0 radical (unpaired) electrons. The number of anilines is 1. The van der Waals surface area contributed by atoms with Crippen LogP contribution in [0.5, 0.6) is 5.75 Å². The van der Waals surface area contributed by atoms with Gasteiger partial charge in [-0.05, 0) is 19.1 Å². The molecule has 0 saturated heterocycles. The van der Waals surface area contributed by atoms with E-state index in [1.165, 1.54) is 0 Å². The minimum absolute atomic E-state index is 0.0403. The second-order valence-corrected chi connectivity index (χ2v) is 3.85. The van der Waals surface area contributed by atoms with E-state index in [2.05, 4.69) is 4.98 Å². The van der Waals surface area contributed by atoms with Crippen LogP contribution in [0.15, 0.2) is 18.3 Å². The summed E-state index contributed by atoms with van der Waals surface area (Å²) in [4.78, 5) is 6.30. The molecule has 0 aliphatic carbocycles. The number of hydrogen-bond acceptors (Lipinski definition) is 5. The lowest BCUT2D eigenvalue weighted by Crippen LogP contribution is -2.38. The molecule has 1 rings (SSSR count). The Morgan fingerprint density at radius 3 is 2.94 bits per heavy atom. The Bertz CT molecular complexity index is 333. The van der Waals surface area contributed by atoms with E-state index in [4.69, 9.17) is 15.2 Å². The summed E-state index contributed by atoms with van der Waals surface area (Å²) in [5, 5.41) is 0. The van der Waals surface area contributed by atoms with Crippen LogP contribution in [0, 0.1) is 0 Å². The molecule has 0 aromatic carbocycles. The Hall–Kier alpha value is -1.33. The number of ether oxygens (including phenoxy) is 2. The average Bonchev–Trinajstić information content (AvgIpc) is 2.30. The topological polar surface area (TPSA) is 60.6 Å². The van der Waals surface area contributed by atoms with Crippen LogP contribution >= 0.6 is 0 Å². The minimum atomic E-state index is -0.0403. The van der Waals surface area contributed by atoms with Crippen LogP contribution in [0.1, 0.15) is 6.92 Å². The zero-order valence-corrected chi connectivity index (χ0v) is 10.7. The molecule has 96 valence electrons. The minimum Gasteiger partial charge on any atom is -0.490 e. The second-order valence-electron chi connectivity index (χ2n) is 3.85. The predicted molar refractivity (Wildman–Crippen MR) is 68.5 cm³/mol. The lowest BCUT2D eigenvalue weighted by atomic mass is 10.3. The molecular weight excluding hydrogens is 218 g/mol. The molecule has 0 saturated carbocycles. The van der Waals surface area contributed by atoms with Crippen LogP contribution in [0.3, 0.4) is 0 Å². The highest BCUT2D eigenvalue weighted by molar-refractivity contribution is 5.51. The first-order valence-corrected chi connectivity index (χ1v) is 5.72. The molecule has 1 heterocycles. The largest absolute Gasteiger partial charge is 0.490 e. The molecule has 2 N–H and O–H groups in total. The molecule has 1 aromatic rings. The van der Waals surface area contributed by atoms with Crippen LogP contribution in [0.2, 0.25) is 0 Å². The Kier molecular flexibility index (Phi) is 5.72. The number of hydrogen-bond donors (Lipinski definition) is 1. The molecule has 0 bridgehead atoms. The van der Waals surface area contributed by atoms with E-state index in [9.17, 15) is 0 Å². The van der Waals surface area contributed by atoms with E-state index in [0.717, 1.165) is 11.6 Å². The number of pyridine rings is 1. The highest BCUT2D eigenvalue weighted by Crippen LogP contribution is 2.23. The van der Waals surface area contributed by atoms with Gasteiger partial charge in [-0.25, -0.2) is 4.98 Å². The van der Waals surface area contributed by atoms with Gasteiger partial charge in [-0.2, -0.15) is 0 Å². The number of rotatable bonds is 7. The summed E-state index contributed by atoms with van der Waals surface area (Å²) in [5.74, 6) is 1.59. The van der Waals surface area contributed by atoms with Crippen LogP contribution in [0.4, 0.5) is 5.82 Å². The van der Waals surface area contributed by atoms with Gasteiger partial charge in [0.05, 0.1) is 13.2 Å². The smallest absolute Gasteiger partial charge is 0.171 e. The molecule has 0 fully saturated rings. The van der Waals surface area contributed by atoms with Gasteiger partial charge < -0.3 is 20.1 Å². The normalized spacial score (nSPS) is 12.2. The maximum atomic E-state index is 5.91. The Morgan fingerprint density at radius 1 is 1.53 bits per heavy atom. The fourth-order valence-electron chi connectivity index (χ4n) is 1.64. The van der Waals surface area contributed by atoms with E-state index in [1.54, 1.807) is 13.3 Å². The van der Waals surface area contributed by atoms with Crippen LogP contribution < -0.4 is 15.4 Å². The monoisotopic (exact) mass is 239 g/mol. The molecular formula is C12H21N3O2. The summed E-state index contributed by atoms with van der Waals surface area (Å²) in [6.45, 7) is 3.77. The summed E-state index contributed by atoms with van der Waals surface area (Å²) < 4.78 is 10.5. The van der Waals surface area contributed by atoms with Crippen molar-refractivity contribution in [2.45, 2.75) is 13.0 Å². The molecule has 0 spiro atoms. The summed E-state index contributed by atoms with van der Waals surface area (Å²) in [6, 6.07) is 3.73. The van der Waals surface area contributed by atoms with Crippen molar-refractivity contribution in [3.05, 3.63) is 18.3 Å². The van der Waals surface area contributed by atoms with Gasteiger partial charge >= 0.3 is 0 Å². The van der Waals surface area contributed by atoms with Crippen molar-refractivity contribution in [2.24, 2.45) is 5.73 Å². The van der Waals surface area contributed by atoms with Crippen molar-refractivity contribution >= 4 is 5.82 Å². The van der Waals surface area contributed by atoms with E-state index >= 15 is 0 Å². The van der Waals surface area contributed by atoms with E-state index < -0.39 is 0 Å². The maximum absolute atomic E-state index is 5.91. The number of nitrogens with zero attached hydrogens (tertiary/aromatic N) is 2. The zero-order chi connectivity index (χ0) is 12.7. The molecule has 1 aromatic heterocycles. The van der Waals surface area contributed by atoms with Crippen molar-refractivity contribution in [3.63, 3.8) is 0 Å². The number of aromatic nitrogens is 1. The van der Waals surface area contributed by atoms with Crippen molar-refractivity contribution in [3.8, 4) is 5.75 Å². The zero-order valence-electron chi connectivity index (χ0n) is 10.7. The van der Waals surface area contributed by atoms with E-state index in [-0.39, 0.29) is 6.04 Å². The lowest BCUT2D eigenvalue weighted by molar-refractivity contribution is 0.181. The lowest BCUT2D eigenvalue weighted by Gasteiger charge is -2.23. The first-order chi connectivity index (χ1) is 8.19. The molecule has 5 heteroatoms. The van der Waals surface area contributed by atoms with Gasteiger partial charge in [-0.15, -0.1) is 0 Å². The third-order valence-corrected chi connectivity index (χ3v) is 2.30. The molecule has 0 aliphatic rings. The van der Waals surface area contributed by atoms with Crippen molar-refractivity contribution < 1.29 is 9.47 Å². The third kappa shape index (κ3) is 4.20. The fourth-order valence-corrected chi connectivity index (χ4v) is 1.64. The van der Waals surface area contributed by atoms with E-state index in [1.807, 2.05) is 31.0 Å². The first-order valence-electron chi connectivity index (χ1n) is 5.72. The fraction of sp³-hybridized carbons (Fsp3) is 0.583. The number of methoxy groups -OCH3 is 1. The Morgan fingerprint density at radius 2 is 2.29 bits per heavy atom. The molecule has 1 unspecified atom stereocenters. The van der Waals surface area contributed by atoms with Crippen molar-refractivity contribution in [1.29, 1.82) is 0 Å². The summed E-state index contributed by atoms with van der Waals surface area (Å²) >= 11 is 0. The highest BCUT2D eigenvalue weighted by Gasteiger charge is 2.12. The van der Waals surface area contributed by atoms with Gasteiger partial charge in [0, 0.05) is 32.9 Å². The molecule has 1 atom stereocenters. The van der Waals surface area contributed by atoms with Gasteiger partial charge in [-0.1, -0.05) is 0 Å². The highest BCUT2D eigenvalue weighted by atomic mass is 16.5. The molecule has 0 aliphatic heterocycles. The van der Waals surface area contributed by atoms with Crippen LogP contribution in [-0.4, -0.2) is 44.9 Å². The summed E-state index contributed by atoms with van der Waals surface area (Å²) in [5.41, 5.74) is 5.91. The van der Waals surface area contributed by atoms with E-state index in [0.29, 0.717) is 19.8 Å². The quantitative estimate of drug-likeness (QED) is 0.765. The standard InChI is InChI=1S/C12H21N3O2/c1-4-17-11-6-5-7-14-12(11)15(2)8-10(13)9-16-3/h5-7,10H,4,8-9,13H2,1-3H3. The van der Waals surface area contributed by atoms with Gasteiger partial charge in [0.2, 0.25) is 0 Å². The van der Waals surface area contributed by atoms with Gasteiger partial charge in [0.1, 0.15) is 0 Å². The molecule has 5 nitrogen and oxygen atoms in total. The van der Waals surface area contributed by atoms with Gasteiger partial charge in [-0.3, -0.25) is 0 Å². The third-order valence-electron chi connectivity index (χ3n) is 2.30. The van der Waals surface area contributed by atoms with Crippen LogP contribution in [-0.2, 0) is 4.74 Å². The van der Waals surface area contributed by atoms with Gasteiger partial charge in [0.25, 0.3) is 0 Å². The number of likely N-dealkylation sites (N-methyl/N-ethyl adjacent to an activating group) is 1. The average molecular weight is 239 g/mol. The summed E-state index contributed by atoms with van der Waals surface area (Å²) in [6.07, 6.45) is 1.75. The molecule has 0 amide bonds. The maximum Gasteiger partial charge on any atom is 0.171 e. The van der Waals surface area contributed by atoms with Crippen LogP contribution in [0.25, 0.3) is 0 Å². The number of nitrogens with two attached hydrogens (primary N) is 1. The Labute approximate surface area is 103 Å². The molecule has 17 heavy (non-hydrogen) atoms. The predicted octanol–water partition coefficient (Wildman–Crippen LogP) is 0.890. The SMILES string of the molecule is CCOc1cccnc1N(C)CC(N)COC. The van der Waals surface area contributed by atoms with Gasteiger partial charge in [0.15, 0.2) is 11.6 Å². The Balaban J connectivity index is 2.70. The van der Waals surface area contributed by atoms with Crippen molar-refractivity contribution in [2.75, 3.05) is 38.8 Å².